The van der Waals surface area contributed by atoms with Crippen molar-refractivity contribution >= 4 is 27.3 Å². The summed E-state index contributed by atoms with van der Waals surface area (Å²) in [5.74, 6) is -0.865. The zero-order valence-electron chi connectivity index (χ0n) is 10.5. The summed E-state index contributed by atoms with van der Waals surface area (Å²) >= 11 is 0.697. The molecule has 1 rings (SSSR count). The Kier molecular flexibility index (Phi) is 5.16. The average molecular weight is 330 g/mol. The number of rotatable bonds is 5. The molecule has 0 aromatic carbocycles. The van der Waals surface area contributed by atoms with Crippen LogP contribution >= 0.6 is 11.3 Å². The van der Waals surface area contributed by atoms with Crippen LogP contribution in [0.2, 0.25) is 0 Å². The van der Waals surface area contributed by atoms with Crippen molar-refractivity contribution in [2.45, 2.75) is 23.7 Å². The lowest BCUT2D eigenvalue weighted by molar-refractivity contribution is -0.140. The Balaban J connectivity index is 2.98. The number of carbonyl (C=O) groups is 1. The average Bonchev–Trinajstić information content (AvgIpc) is 2.74. The number of hydrogen-bond donors (Lipinski definition) is 1. The van der Waals surface area contributed by atoms with Crippen molar-refractivity contribution in [1.29, 1.82) is 0 Å². The molecule has 1 aromatic heterocycles. The number of halogens is 3. The van der Waals surface area contributed by atoms with Crippen LogP contribution in [-0.2, 0) is 10.0 Å². The third-order valence-electron chi connectivity index (χ3n) is 2.25. The minimum atomic E-state index is -4.51. The fraction of sp³-hybridized carbons (Fsp3) is 0.500. The largest absolute Gasteiger partial charge is 0.406 e. The molecule has 0 aliphatic heterocycles. The van der Waals surface area contributed by atoms with Crippen molar-refractivity contribution < 1.29 is 26.4 Å². The van der Waals surface area contributed by atoms with E-state index in [4.69, 9.17) is 5.14 Å². The summed E-state index contributed by atoms with van der Waals surface area (Å²) in [5, 5.41) is 6.07. The van der Waals surface area contributed by atoms with E-state index in [0.717, 1.165) is 6.07 Å². The van der Waals surface area contributed by atoms with Gasteiger partial charge in [-0.25, -0.2) is 13.6 Å². The van der Waals surface area contributed by atoms with Gasteiger partial charge in [-0.3, -0.25) is 4.79 Å². The quantitative estimate of drug-likeness (QED) is 0.894. The van der Waals surface area contributed by atoms with Crippen molar-refractivity contribution in [3.05, 3.63) is 17.0 Å². The maximum atomic E-state index is 12.4. The number of amides is 1. The molecule has 0 unspecified atom stereocenters. The third-order valence-corrected chi connectivity index (χ3v) is 4.64. The molecule has 0 aliphatic rings. The first-order valence-electron chi connectivity index (χ1n) is 5.52. The Morgan fingerprint density at radius 1 is 1.45 bits per heavy atom. The first-order chi connectivity index (χ1) is 9.04. The highest BCUT2D eigenvalue weighted by molar-refractivity contribution is 7.91. The van der Waals surface area contributed by atoms with E-state index in [-0.39, 0.29) is 16.3 Å². The molecule has 0 bridgehead atoms. The second kappa shape index (κ2) is 6.10. The molecule has 0 aliphatic carbocycles. The number of alkyl halides is 3. The molecular formula is C10H13F3N2O3S2. The highest BCUT2D eigenvalue weighted by Crippen LogP contribution is 2.22. The summed E-state index contributed by atoms with van der Waals surface area (Å²) in [5.41, 5.74) is -0.114. The summed E-state index contributed by atoms with van der Waals surface area (Å²) in [7, 11) is -3.96. The SMILES string of the molecule is CCCN(CC(F)(F)F)C(=O)c1csc(S(N)(=O)=O)c1. The Hall–Kier alpha value is -1.13. The van der Waals surface area contributed by atoms with Crippen LogP contribution in [0.5, 0.6) is 0 Å². The zero-order chi connectivity index (χ0) is 15.6. The standard InChI is InChI=1S/C10H13F3N2O3S2/c1-2-3-15(6-10(11,12)13)9(16)7-4-8(19-5-7)20(14,17)18/h4-5H,2-3,6H2,1H3,(H2,14,17,18). The van der Waals surface area contributed by atoms with Gasteiger partial charge >= 0.3 is 6.18 Å². The van der Waals surface area contributed by atoms with Crippen LogP contribution < -0.4 is 5.14 Å². The number of hydrogen-bond acceptors (Lipinski definition) is 4. The lowest BCUT2D eigenvalue weighted by Gasteiger charge is -2.22. The van der Waals surface area contributed by atoms with E-state index in [1.54, 1.807) is 6.92 Å². The number of nitrogens with two attached hydrogens (primary N) is 1. The summed E-state index contributed by atoms with van der Waals surface area (Å²) in [6.07, 6.45) is -4.16. The topological polar surface area (TPSA) is 80.5 Å². The molecular weight excluding hydrogens is 317 g/mol. The van der Waals surface area contributed by atoms with Gasteiger partial charge in [0.25, 0.3) is 5.91 Å². The number of sulfonamides is 1. The molecule has 0 radical (unpaired) electrons. The Labute approximate surface area is 118 Å². The van der Waals surface area contributed by atoms with Gasteiger partial charge in [0.05, 0.1) is 5.56 Å². The van der Waals surface area contributed by atoms with E-state index in [2.05, 4.69) is 0 Å². The van der Waals surface area contributed by atoms with Crippen LogP contribution in [-0.4, -0.2) is 38.5 Å². The van der Waals surface area contributed by atoms with Crippen LogP contribution in [0.3, 0.4) is 0 Å². The molecule has 0 saturated carbocycles. The highest BCUT2D eigenvalue weighted by atomic mass is 32.2. The number of primary sulfonamides is 1. The molecule has 0 fully saturated rings. The summed E-state index contributed by atoms with van der Waals surface area (Å²) in [4.78, 5) is 12.6. The minimum absolute atomic E-state index is 0.0705. The summed E-state index contributed by atoms with van der Waals surface area (Å²) in [6.45, 7) is 0.194. The number of carbonyl (C=O) groups excluding carboxylic acids is 1. The molecule has 5 nitrogen and oxygen atoms in total. The van der Waals surface area contributed by atoms with Crippen molar-refractivity contribution in [2.75, 3.05) is 13.1 Å². The van der Waals surface area contributed by atoms with Crippen LogP contribution in [0, 0.1) is 0 Å². The lowest BCUT2D eigenvalue weighted by atomic mass is 10.2. The summed E-state index contributed by atoms with van der Waals surface area (Å²) < 4.78 is 59.1. The molecule has 0 atom stereocenters. The van der Waals surface area contributed by atoms with Crippen molar-refractivity contribution in [3.63, 3.8) is 0 Å². The molecule has 1 aromatic rings. The van der Waals surface area contributed by atoms with E-state index >= 15 is 0 Å². The monoisotopic (exact) mass is 330 g/mol. The van der Waals surface area contributed by atoms with E-state index < -0.39 is 28.7 Å². The smallest absolute Gasteiger partial charge is 0.330 e. The van der Waals surface area contributed by atoms with Gasteiger partial charge in [0.1, 0.15) is 10.8 Å². The first-order valence-corrected chi connectivity index (χ1v) is 7.94. The van der Waals surface area contributed by atoms with Gasteiger partial charge in [-0.15, -0.1) is 11.3 Å². The molecule has 2 N–H and O–H groups in total. The van der Waals surface area contributed by atoms with Gasteiger partial charge in [0.15, 0.2) is 0 Å². The molecule has 114 valence electrons. The van der Waals surface area contributed by atoms with Gasteiger partial charge in [0, 0.05) is 11.9 Å². The van der Waals surface area contributed by atoms with Crippen LogP contribution in [0.25, 0.3) is 0 Å². The lowest BCUT2D eigenvalue weighted by Crippen LogP contribution is -2.39. The highest BCUT2D eigenvalue weighted by Gasteiger charge is 2.33. The second-order valence-corrected chi connectivity index (χ2v) is 6.74. The van der Waals surface area contributed by atoms with Gasteiger partial charge in [-0.1, -0.05) is 6.92 Å². The van der Waals surface area contributed by atoms with Crippen molar-refractivity contribution in [2.24, 2.45) is 5.14 Å². The molecule has 10 heteroatoms. The maximum absolute atomic E-state index is 12.4. The molecule has 0 spiro atoms. The third kappa shape index (κ3) is 4.76. The predicted octanol–water partition coefficient (Wildman–Crippen LogP) is 1.81. The van der Waals surface area contributed by atoms with E-state index in [9.17, 15) is 26.4 Å². The number of nitrogens with zero attached hydrogens (tertiary/aromatic N) is 1. The van der Waals surface area contributed by atoms with Gasteiger partial charge in [-0.2, -0.15) is 13.2 Å². The van der Waals surface area contributed by atoms with Gasteiger partial charge in [-0.05, 0) is 12.5 Å². The molecule has 1 amide bonds. The Morgan fingerprint density at radius 2 is 2.05 bits per heavy atom. The minimum Gasteiger partial charge on any atom is -0.330 e. The van der Waals surface area contributed by atoms with Crippen LogP contribution in [0.4, 0.5) is 13.2 Å². The fourth-order valence-corrected chi connectivity index (χ4v) is 3.08. The fourth-order valence-electron chi connectivity index (χ4n) is 1.50. The van der Waals surface area contributed by atoms with E-state index in [1.807, 2.05) is 0 Å². The molecule has 0 saturated heterocycles. The number of thiophene rings is 1. The molecule has 20 heavy (non-hydrogen) atoms. The van der Waals surface area contributed by atoms with Gasteiger partial charge < -0.3 is 4.90 Å². The van der Waals surface area contributed by atoms with Crippen LogP contribution in [0.15, 0.2) is 15.7 Å². The maximum Gasteiger partial charge on any atom is 0.406 e. The van der Waals surface area contributed by atoms with Gasteiger partial charge in [0.2, 0.25) is 10.0 Å². The second-order valence-electron chi connectivity index (χ2n) is 4.04. The summed E-state index contributed by atoms with van der Waals surface area (Å²) in [6, 6.07) is 0.987. The first kappa shape index (κ1) is 16.9. The Morgan fingerprint density at radius 3 is 2.45 bits per heavy atom. The van der Waals surface area contributed by atoms with Crippen molar-refractivity contribution in [1.82, 2.24) is 4.90 Å². The van der Waals surface area contributed by atoms with Crippen LogP contribution in [0.1, 0.15) is 23.7 Å². The normalized spacial score (nSPS) is 12.4. The van der Waals surface area contributed by atoms with Crippen molar-refractivity contribution in [3.8, 4) is 0 Å². The van der Waals surface area contributed by atoms with E-state index in [0.29, 0.717) is 22.7 Å². The molecule has 1 heterocycles. The zero-order valence-corrected chi connectivity index (χ0v) is 12.1. The Bertz CT molecular complexity index is 581. The predicted molar refractivity (Wildman–Crippen MR) is 67.9 cm³/mol. The van der Waals surface area contributed by atoms with E-state index in [1.165, 1.54) is 5.38 Å².